The normalized spacial score (nSPS) is 26.7. The summed E-state index contributed by atoms with van der Waals surface area (Å²) < 4.78 is 42.7. The first kappa shape index (κ1) is 14.3. The van der Waals surface area contributed by atoms with Gasteiger partial charge < -0.3 is 10.1 Å². The fourth-order valence-electron chi connectivity index (χ4n) is 1.76. The number of nitrogens with one attached hydrogen (secondary N) is 1. The molecule has 100 valence electrons. The number of alkyl halides is 3. The first-order valence-electron chi connectivity index (χ1n) is 5.60. The largest absolute Gasteiger partial charge is 0.460 e. The third kappa shape index (κ3) is 4.53. The molecular formula is C11H18F3NO2. The number of piperidine rings is 1. The molecule has 17 heavy (non-hydrogen) atoms. The van der Waals surface area contributed by atoms with E-state index in [0.29, 0.717) is 0 Å². The number of carbonyl (C=O) groups is 1. The van der Waals surface area contributed by atoms with Gasteiger partial charge in [-0.1, -0.05) is 0 Å². The number of ether oxygens (including phenoxy) is 1. The van der Waals surface area contributed by atoms with Gasteiger partial charge in [-0.2, -0.15) is 13.2 Å². The van der Waals surface area contributed by atoms with Crippen molar-refractivity contribution in [2.45, 2.75) is 39.0 Å². The highest BCUT2D eigenvalue weighted by molar-refractivity contribution is 5.73. The predicted molar refractivity (Wildman–Crippen MR) is 56.4 cm³/mol. The second-order valence-corrected chi connectivity index (χ2v) is 5.36. The van der Waals surface area contributed by atoms with Crippen LogP contribution in [0.4, 0.5) is 13.2 Å². The molecule has 0 bridgehead atoms. The summed E-state index contributed by atoms with van der Waals surface area (Å²) in [4.78, 5) is 11.7. The van der Waals surface area contributed by atoms with E-state index >= 15 is 0 Å². The van der Waals surface area contributed by atoms with Gasteiger partial charge in [0, 0.05) is 13.1 Å². The first-order chi connectivity index (χ1) is 7.59. The SMILES string of the molecule is CC(C)(C)OC(=O)C1CNCC(C(F)(F)F)C1. The van der Waals surface area contributed by atoms with Crippen molar-refractivity contribution in [2.75, 3.05) is 13.1 Å². The van der Waals surface area contributed by atoms with Crippen LogP contribution >= 0.6 is 0 Å². The summed E-state index contributed by atoms with van der Waals surface area (Å²) in [5.41, 5.74) is -0.664. The van der Waals surface area contributed by atoms with E-state index < -0.39 is 29.6 Å². The van der Waals surface area contributed by atoms with E-state index in [1.165, 1.54) is 0 Å². The number of hydrogen-bond donors (Lipinski definition) is 1. The maximum atomic E-state index is 12.5. The molecule has 1 N–H and O–H groups in total. The Bertz CT molecular complexity index is 283. The highest BCUT2D eigenvalue weighted by Crippen LogP contribution is 2.33. The van der Waals surface area contributed by atoms with Crippen molar-refractivity contribution >= 4 is 5.97 Å². The molecule has 3 nitrogen and oxygen atoms in total. The van der Waals surface area contributed by atoms with Gasteiger partial charge in [0.2, 0.25) is 0 Å². The van der Waals surface area contributed by atoms with Gasteiger partial charge in [-0.05, 0) is 27.2 Å². The molecule has 6 heteroatoms. The lowest BCUT2D eigenvalue weighted by atomic mass is 9.90. The molecule has 0 aromatic rings. The number of rotatable bonds is 1. The van der Waals surface area contributed by atoms with E-state index in [1.807, 2.05) is 0 Å². The molecule has 1 fully saturated rings. The zero-order valence-electron chi connectivity index (χ0n) is 10.2. The molecule has 1 rings (SSSR count). The lowest BCUT2D eigenvalue weighted by Gasteiger charge is -2.31. The van der Waals surface area contributed by atoms with E-state index in [0.717, 1.165) is 0 Å². The molecule has 0 radical (unpaired) electrons. The molecule has 0 aromatic heterocycles. The average molecular weight is 253 g/mol. The molecule has 1 aliphatic heterocycles. The third-order valence-corrected chi connectivity index (χ3v) is 2.55. The summed E-state index contributed by atoms with van der Waals surface area (Å²) in [6.45, 7) is 5.22. The Morgan fingerprint density at radius 1 is 1.24 bits per heavy atom. The monoisotopic (exact) mass is 253 g/mol. The summed E-state index contributed by atoms with van der Waals surface area (Å²) in [6, 6.07) is 0. The lowest BCUT2D eigenvalue weighted by Crippen LogP contribution is -2.46. The highest BCUT2D eigenvalue weighted by Gasteiger charge is 2.44. The second-order valence-electron chi connectivity index (χ2n) is 5.36. The molecular weight excluding hydrogens is 235 g/mol. The van der Waals surface area contributed by atoms with Crippen LogP contribution in [-0.4, -0.2) is 30.8 Å². The van der Waals surface area contributed by atoms with Crippen LogP contribution in [0.3, 0.4) is 0 Å². The van der Waals surface area contributed by atoms with Crippen LogP contribution in [-0.2, 0) is 9.53 Å². The van der Waals surface area contributed by atoms with Crippen LogP contribution in [0.15, 0.2) is 0 Å². The second kappa shape index (κ2) is 4.84. The molecule has 1 heterocycles. The van der Waals surface area contributed by atoms with Gasteiger partial charge >= 0.3 is 12.1 Å². The highest BCUT2D eigenvalue weighted by atomic mass is 19.4. The van der Waals surface area contributed by atoms with E-state index in [2.05, 4.69) is 5.32 Å². The molecule has 0 spiro atoms. The third-order valence-electron chi connectivity index (χ3n) is 2.55. The summed E-state index contributed by atoms with van der Waals surface area (Å²) in [7, 11) is 0. The van der Waals surface area contributed by atoms with Crippen LogP contribution in [0.1, 0.15) is 27.2 Å². The van der Waals surface area contributed by atoms with E-state index in [-0.39, 0.29) is 19.5 Å². The number of carbonyl (C=O) groups excluding carboxylic acids is 1. The zero-order chi connectivity index (χ0) is 13.3. The summed E-state index contributed by atoms with van der Waals surface area (Å²) in [6.07, 6.45) is -4.45. The van der Waals surface area contributed by atoms with E-state index in [4.69, 9.17) is 4.74 Å². The standard InChI is InChI=1S/C11H18F3NO2/c1-10(2,3)17-9(16)7-4-8(6-15-5-7)11(12,13)14/h7-8,15H,4-6H2,1-3H3. The smallest absolute Gasteiger partial charge is 0.393 e. The van der Waals surface area contributed by atoms with Crippen LogP contribution in [0, 0.1) is 11.8 Å². The molecule has 1 saturated heterocycles. The number of esters is 1. The molecule has 0 amide bonds. The minimum absolute atomic E-state index is 0.122. The topological polar surface area (TPSA) is 38.3 Å². The van der Waals surface area contributed by atoms with Crippen LogP contribution < -0.4 is 5.32 Å². The Kier molecular flexibility index (Phi) is 4.06. The first-order valence-corrected chi connectivity index (χ1v) is 5.60. The van der Waals surface area contributed by atoms with Crippen molar-refractivity contribution in [3.8, 4) is 0 Å². The zero-order valence-corrected chi connectivity index (χ0v) is 10.2. The minimum atomic E-state index is -4.26. The van der Waals surface area contributed by atoms with Crippen LogP contribution in [0.25, 0.3) is 0 Å². The Hall–Kier alpha value is -0.780. The van der Waals surface area contributed by atoms with Gasteiger partial charge in [-0.25, -0.2) is 0 Å². The summed E-state index contributed by atoms with van der Waals surface area (Å²) in [5.74, 6) is -2.73. The van der Waals surface area contributed by atoms with Gasteiger partial charge in [0.25, 0.3) is 0 Å². The molecule has 2 unspecified atom stereocenters. The summed E-state index contributed by atoms with van der Waals surface area (Å²) >= 11 is 0. The number of hydrogen-bond acceptors (Lipinski definition) is 3. The quantitative estimate of drug-likeness (QED) is 0.727. The molecule has 0 saturated carbocycles. The minimum Gasteiger partial charge on any atom is -0.460 e. The molecule has 1 aliphatic rings. The Morgan fingerprint density at radius 3 is 2.29 bits per heavy atom. The van der Waals surface area contributed by atoms with Gasteiger partial charge in [0.05, 0.1) is 11.8 Å². The number of halogens is 3. The maximum absolute atomic E-state index is 12.5. The molecule has 2 atom stereocenters. The van der Waals surface area contributed by atoms with Gasteiger partial charge in [0.15, 0.2) is 0 Å². The molecule has 0 aliphatic carbocycles. The van der Waals surface area contributed by atoms with Crippen LogP contribution in [0.5, 0.6) is 0 Å². The Morgan fingerprint density at radius 2 is 1.82 bits per heavy atom. The van der Waals surface area contributed by atoms with E-state index in [9.17, 15) is 18.0 Å². The lowest BCUT2D eigenvalue weighted by molar-refractivity contribution is -0.187. The van der Waals surface area contributed by atoms with Crippen molar-refractivity contribution in [1.82, 2.24) is 5.32 Å². The van der Waals surface area contributed by atoms with E-state index in [1.54, 1.807) is 20.8 Å². The van der Waals surface area contributed by atoms with Gasteiger partial charge in [-0.3, -0.25) is 4.79 Å². The fraction of sp³-hybridized carbons (Fsp3) is 0.909. The summed E-state index contributed by atoms with van der Waals surface area (Å²) in [5, 5.41) is 2.64. The fourth-order valence-corrected chi connectivity index (χ4v) is 1.76. The maximum Gasteiger partial charge on any atom is 0.393 e. The van der Waals surface area contributed by atoms with Crippen molar-refractivity contribution in [2.24, 2.45) is 11.8 Å². The molecule has 0 aromatic carbocycles. The van der Waals surface area contributed by atoms with Crippen LogP contribution in [0.2, 0.25) is 0 Å². The average Bonchev–Trinajstić information content (AvgIpc) is 2.14. The van der Waals surface area contributed by atoms with Crippen molar-refractivity contribution < 1.29 is 22.7 Å². The predicted octanol–water partition coefficient (Wildman–Crippen LogP) is 2.12. The Labute approximate surface area is 98.7 Å². The van der Waals surface area contributed by atoms with Crippen molar-refractivity contribution in [3.63, 3.8) is 0 Å². The van der Waals surface area contributed by atoms with Gasteiger partial charge in [-0.15, -0.1) is 0 Å². The van der Waals surface area contributed by atoms with Gasteiger partial charge in [0.1, 0.15) is 5.60 Å². The Balaban J connectivity index is 2.58. The van der Waals surface area contributed by atoms with Crippen molar-refractivity contribution in [3.05, 3.63) is 0 Å². The van der Waals surface area contributed by atoms with Crippen molar-refractivity contribution in [1.29, 1.82) is 0 Å².